The predicted molar refractivity (Wildman–Crippen MR) is 119 cm³/mol. The second-order valence-corrected chi connectivity index (χ2v) is 7.17. The third kappa shape index (κ3) is 5.65. The molecule has 3 aromatic rings. The van der Waals surface area contributed by atoms with Crippen molar-refractivity contribution in [1.82, 2.24) is 0 Å². The summed E-state index contributed by atoms with van der Waals surface area (Å²) < 4.78 is 27.1. The standard InChI is InChI=1S/C24H24F2N2O.ClH/c1-16-8-9-22(12-17(16)2)28(11-10-18-13-20(25)15-21(26)14-18)24(29)23(27)19-6-4-3-5-7-19;/h3-9,12-15,23H,10-11,27H2,1-2H3;1H. The number of amides is 1. The largest absolute Gasteiger partial charge is 0.316 e. The lowest BCUT2D eigenvalue weighted by molar-refractivity contribution is -0.120. The lowest BCUT2D eigenvalue weighted by atomic mass is 10.0. The minimum absolute atomic E-state index is 0. The molecule has 0 bridgehead atoms. The van der Waals surface area contributed by atoms with E-state index in [1.54, 1.807) is 4.90 Å². The summed E-state index contributed by atoms with van der Waals surface area (Å²) in [6.07, 6.45) is 0.300. The number of anilines is 1. The number of hydrogen-bond acceptors (Lipinski definition) is 2. The Morgan fingerprint density at radius 3 is 2.17 bits per heavy atom. The van der Waals surface area contributed by atoms with E-state index in [9.17, 15) is 13.6 Å². The van der Waals surface area contributed by atoms with Crippen molar-refractivity contribution >= 4 is 24.0 Å². The molecule has 6 heteroatoms. The van der Waals surface area contributed by atoms with Crippen molar-refractivity contribution in [1.29, 1.82) is 0 Å². The first kappa shape index (κ1) is 23.5. The van der Waals surface area contributed by atoms with Gasteiger partial charge < -0.3 is 10.6 Å². The zero-order valence-corrected chi connectivity index (χ0v) is 17.8. The van der Waals surface area contributed by atoms with Gasteiger partial charge >= 0.3 is 0 Å². The van der Waals surface area contributed by atoms with E-state index >= 15 is 0 Å². The van der Waals surface area contributed by atoms with Crippen molar-refractivity contribution in [2.24, 2.45) is 5.73 Å². The van der Waals surface area contributed by atoms with E-state index in [1.807, 2.05) is 62.4 Å². The molecular formula is C24H25ClF2N2O. The molecule has 2 N–H and O–H groups in total. The third-order valence-electron chi connectivity index (χ3n) is 5.04. The molecule has 30 heavy (non-hydrogen) atoms. The van der Waals surface area contributed by atoms with Crippen molar-refractivity contribution in [3.8, 4) is 0 Å². The molecule has 1 atom stereocenters. The van der Waals surface area contributed by atoms with Gasteiger partial charge in [-0.15, -0.1) is 12.4 Å². The number of carbonyl (C=O) groups excluding carboxylic acids is 1. The summed E-state index contributed by atoms with van der Waals surface area (Å²) in [5.74, 6) is -1.54. The zero-order chi connectivity index (χ0) is 21.0. The van der Waals surface area contributed by atoms with Gasteiger partial charge in [-0.25, -0.2) is 8.78 Å². The zero-order valence-electron chi connectivity index (χ0n) is 16.9. The van der Waals surface area contributed by atoms with Gasteiger partial charge in [-0.3, -0.25) is 4.79 Å². The molecule has 0 radical (unpaired) electrons. The summed E-state index contributed by atoms with van der Waals surface area (Å²) >= 11 is 0. The summed E-state index contributed by atoms with van der Waals surface area (Å²) in [5, 5.41) is 0. The van der Waals surface area contributed by atoms with Crippen molar-refractivity contribution in [2.75, 3.05) is 11.4 Å². The smallest absolute Gasteiger partial charge is 0.248 e. The second kappa shape index (κ2) is 10.3. The molecule has 0 aliphatic carbocycles. The highest BCUT2D eigenvalue weighted by atomic mass is 35.5. The number of nitrogens with zero attached hydrogens (tertiary/aromatic N) is 1. The van der Waals surface area contributed by atoms with Gasteiger partial charge in [-0.2, -0.15) is 0 Å². The fourth-order valence-corrected chi connectivity index (χ4v) is 3.23. The van der Waals surface area contributed by atoms with Crippen LogP contribution in [-0.4, -0.2) is 12.5 Å². The summed E-state index contributed by atoms with van der Waals surface area (Å²) in [6.45, 7) is 4.22. The highest BCUT2D eigenvalue weighted by Gasteiger charge is 2.24. The normalized spacial score (nSPS) is 11.5. The molecule has 0 heterocycles. The van der Waals surface area contributed by atoms with Crippen LogP contribution in [0.2, 0.25) is 0 Å². The lowest BCUT2D eigenvalue weighted by Crippen LogP contribution is -2.40. The van der Waals surface area contributed by atoms with E-state index in [0.717, 1.165) is 17.2 Å². The van der Waals surface area contributed by atoms with Crippen LogP contribution >= 0.6 is 12.4 Å². The molecule has 3 rings (SSSR count). The van der Waals surface area contributed by atoms with Gasteiger partial charge in [0.1, 0.15) is 17.7 Å². The van der Waals surface area contributed by atoms with Gasteiger partial charge in [-0.1, -0.05) is 36.4 Å². The van der Waals surface area contributed by atoms with Crippen molar-refractivity contribution in [3.63, 3.8) is 0 Å². The van der Waals surface area contributed by atoms with Crippen LogP contribution < -0.4 is 10.6 Å². The Morgan fingerprint density at radius 1 is 0.933 bits per heavy atom. The third-order valence-corrected chi connectivity index (χ3v) is 5.04. The maximum absolute atomic E-state index is 13.5. The van der Waals surface area contributed by atoms with Crippen molar-refractivity contribution in [2.45, 2.75) is 26.3 Å². The first-order valence-corrected chi connectivity index (χ1v) is 9.49. The number of carbonyl (C=O) groups is 1. The van der Waals surface area contributed by atoms with E-state index in [0.29, 0.717) is 23.2 Å². The van der Waals surface area contributed by atoms with Crippen LogP contribution in [0.5, 0.6) is 0 Å². The Hall–Kier alpha value is -2.76. The molecule has 3 nitrogen and oxygen atoms in total. The molecule has 0 saturated carbocycles. The highest BCUT2D eigenvalue weighted by Crippen LogP contribution is 2.23. The quantitative estimate of drug-likeness (QED) is 0.578. The minimum Gasteiger partial charge on any atom is -0.316 e. The first-order chi connectivity index (χ1) is 13.8. The number of aryl methyl sites for hydroxylation is 2. The summed E-state index contributed by atoms with van der Waals surface area (Å²) in [4.78, 5) is 14.8. The SMILES string of the molecule is Cc1ccc(N(CCc2cc(F)cc(F)c2)C(=O)C(N)c2ccccc2)cc1C.Cl. The number of hydrogen-bond donors (Lipinski definition) is 1. The first-order valence-electron chi connectivity index (χ1n) is 9.49. The fourth-order valence-electron chi connectivity index (χ4n) is 3.23. The van der Waals surface area contributed by atoms with Gasteiger partial charge in [0.15, 0.2) is 0 Å². The molecule has 158 valence electrons. The average molecular weight is 431 g/mol. The second-order valence-electron chi connectivity index (χ2n) is 7.17. The molecule has 0 saturated heterocycles. The summed E-state index contributed by atoms with van der Waals surface area (Å²) in [5.41, 5.74) is 10.3. The van der Waals surface area contributed by atoms with Crippen LogP contribution in [0.1, 0.15) is 28.3 Å². The van der Waals surface area contributed by atoms with E-state index in [2.05, 4.69) is 0 Å². The summed E-state index contributed by atoms with van der Waals surface area (Å²) in [6, 6.07) is 17.4. The monoisotopic (exact) mass is 430 g/mol. The topological polar surface area (TPSA) is 46.3 Å². The number of rotatable bonds is 6. The molecule has 0 aliphatic rings. The van der Waals surface area contributed by atoms with Gasteiger partial charge in [-0.05, 0) is 66.8 Å². The van der Waals surface area contributed by atoms with Gasteiger partial charge in [0.25, 0.3) is 0 Å². The van der Waals surface area contributed by atoms with Crippen molar-refractivity contribution < 1.29 is 13.6 Å². The van der Waals surface area contributed by atoms with Crippen LogP contribution in [0.25, 0.3) is 0 Å². The average Bonchev–Trinajstić information content (AvgIpc) is 2.70. The maximum atomic E-state index is 13.5. The molecular weight excluding hydrogens is 406 g/mol. The van der Waals surface area contributed by atoms with Gasteiger partial charge in [0.05, 0.1) is 0 Å². The van der Waals surface area contributed by atoms with E-state index in [-0.39, 0.29) is 24.9 Å². The lowest BCUT2D eigenvalue weighted by Gasteiger charge is -2.27. The molecule has 1 unspecified atom stereocenters. The fraction of sp³-hybridized carbons (Fsp3) is 0.208. The summed E-state index contributed by atoms with van der Waals surface area (Å²) in [7, 11) is 0. The van der Waals surface area contributed by atoms with Crippen LogP contribution in [-0.2, 0) is 11.2 Å². The van der Waals surface area contributed by atoms with Crippen LogP contribution in [0.4, 0.5) is 14.5 Å². The molecule has 0 aliphatic heterocycles. The predicted octanol–water partition coefficient (Wildman–Crippen LogP) is 5.28. The Labute approximate surface area is 181 Å². The van der Waals surface area contributed by atoms with E-state index < -0.39 is 17.7 Å². The Kier molecular flexibility index (Phi) is 8.09. The minimum atomic E-state index is -0.831. The van der Waals surface area contributed by atoms with Crippen molar-refractivity contribution in [3.05, 3.63) is 101 Å². The van der Waals surface area contributed by atoms with E-state index in [4.69, 9.17) is 5.73 Å². The van der Waals surface area contributed by atoms with Crippen LogP contribution in [0.15, 0.2) is 66.7 Å². The number of nitrogens with two attached hydrogens (primary N) is 1. The van der Waals surface area contributed by atoms with Gasteiger partial charge in [0.2, 0.25) is 5.91 Å². The molecule has 0 aromatic heterocycles. The Morgan fingerprint density at radius 2 is 1.57 bits per heavy atom. The van der Waals surface area contributed by atoms with Crippen LogP contribution in [0, 0.1) is 25.5 Å². The van der Waals surface area contributed by atoms with E-state index in [1.165, 1.54) is 12.1 Å². The molecule has 3 aromatic carbocycles. The molecule has 0 spiro atoms. The van der Waals surface area contributed by atoms with Crippen LogP contribution in [0.3, 0.4) is 0 Å². The number of halogens is 3. The number of benzene rings is 3. The Balaban J connectivity index is 0.00000320. The highest BCUT2D eigenvalue weighted by molar-refractivity contribution is 5.97. The maximum Gasteiger partial charge on any atom is 0.248 e. The van der Waals surface area contributed by atoms with Gasteiger partial charge in [0, 0.05) is 18.3 Å². The Bertz CT molecular complexity index is 991. The molecule has 0 fully saturated rings. The molecule has 1 amide bonds.